The van der Waals surface area contributed by atoms with Gasteiger partial charge in [0.1, 0.15) is 5.82 Å². The van der Waals surface area contributed by atoms with E-state index in [4.69, 9.17) is 9.88 Å². The van der Waals surface area contributed by atoms with E-state index < -0.39 is 15.8 Å². The molecule has 0 spiro atoms. The van der Waals surface area contributed by atoms with E-state index in [1.165, 1.54) is 23.8 Å². The van der Waals surface area contributed by atoms with Gasteiger partial charge in [-0.05, 0) is 24.6 Å². The Morgan fingerprint density at radius 1 is 1.38 bits per heavy atom. The van der Waals surface area contributed by atoms with E-state index in [1.807, 2.05) is 0 Å². The van der Waals surface area contributed by atoms with Crippen LogP contribution in [0, 0.1) is 12.7 Å². The second kappa shape index (κ2) is 5.88. The molecule has 9 heteroatoms. The van der Waals surface area contributed by atoms with E-state index >= 15 is 0 Å². The van der Waals surface area contributed by atoms with Crippen molar-refractivity contribution in [2.75, 3.05) is 13.7 Å². The SMILES string of the molecule is COCCn1c(-c2cc(F)ccc2C)nnc1S(N)(=O)=O. The van der Waals surface area contributed by atoms with Gasteiger partial charge < -0.3 is 4.74 Å². The first kappa shape index (κ1) is 15.5. The Morgan fingerprint density at radius 2 is 2.10 bits per heavy atom. The summed E-state index contributed by atoms with van der Waals surface area (Å²) >= 11 is 0. The Kier molecular flexibility index (Phi) is 4.35. The number of methoxy groups -OCH3 is 1. The zero-order valence-corrected chi connectivity index (χ0v) is 12.4. The summed E-state index contributed by atoms with van der Waals surface area (Å²) in [6.07, 6.45) is 0. The highest BCUT2D eigenvalue weighted by Gasteiger charge is 2.22. The van der Waals surface area contributed by atoms with Gasteiger partial charge in [-0.2, -0.15) is 0 Å². The van der Waals surface area contributed by atoms with Gasteiger partial charge in [-0.1, -0.05) is 6.07 Å². The number of hydrogen-bond donors (Lipinski definition) is 1. The lowest BCUT2D eigenvalue weighted by atomic mass is 10.1. The molecule has 0 aliphatic carbocycles. The summed E-state index contributed by atoms with van der Waals surface area (Å²) < 4.78 is 42.8. The topological polar surface area (TPSA) is 100 Å². The molecule has 1 heterocycles. The molecule has 1 aromatic carbocycles. The summed E-state index contributed by atoms with van der Waals surface area (Å²) in [6.45, 7) is 2.18. The van der Waals surface area contributed by atoms with Gasteiger partial charge in [0.15, 0.2) is 5.82 Å². The van der Waals surface area contributed by atoms with Crippen LogP contribution in [0.2, 0.25) is 0 Å². The van der Waals surface area contributed by atoms with E-state index in [-0.39, 0.29) is 24.1 Å². The molecule has 0 aliphatic heterocycles. The fourth-order valence-electron chi connectivity index (χ4n) is 1.92. The molecule has 2 N–H and O–H groups in total. The van der Waals surface area contributed by atoms with Crippen LogP contribution in [0.5, 0.6) is 0 Å². The van der Waals surface area contributed by atoms with E-state index in [9.17, 15) is 12.8 Å². The number of nitrogens with two attached hydrogens (primary N) is 1. The van der Waals surface area contributed by atoms with Gasteiger partial charge in [-0.25, -0.2) is 17.9 Å². The smallest absolute Gasteiger partial charge is 0.273 e. The Morgan fingerprint density at radius 3 is 2.71 bits per heavy atom. The summed E-state index contributed by atoms with van der Waals surface area (Å²) in [5, 5.41) is 12.2. The number of aromatic nitrogens is 3. The third kappa shape index (κ3) is 3.26. The molecule has 0 fully saturated rings. The largest absolute Gasteiger partial charge is 0.383 e. The van der Waals surface area contributed by atoms with Crippen molar-refractivity contribution < 1.29 is 17.5 Å². The molecule has 1 aromatic heterocycles. The van der Waals surface area contributed by atoms with Gasteiger partial charge in [0.25, 0.3) is 15.2 Å². The lowest BCUT2D eigenvalue weighted by molar-refractivity contribution is 0.185. The molecule has 2 rings (SSSR count). The first-order valence-electron chi connectivity index (χ1n) is 6.06. The fraction of sp³-hybridized carbons (Fsp3) is 0.333. The van der Waals surface area contributed by atoms with Crippen LogP contribution < -0.4 is 5.14 Å². The molecule has 0 aliphatic rings. The normalized spacial score (nSPS) is 11.8. The summed E-state index contributed by atoms with van der Waals surface area (Å²) in [7, 11) is -2.55. The number of primary sulfonamides is 1. The van der Waals surface area contributed by atoms with Crippen LogP contribution in [0.4, 0.5) is 4.39 Å². The van der Waals surface area contributed by atoms with Crippen molar-refractivity contribution in [2.45, 2.75) is 18.6 Å². The molecule has 0 bridgehead atoms. The number of benzene rings is 1. The summed E-state index contributed by atoms with van der Waals surface area (Å²) in [5.41, 5.74) is 1.19. The number of sulfonamides is 1. The van der Waals surface area contributed by atoms with Gasteiger partial charge in [0, 0.05) is 12.7 Å². The maximum absolute atomic E-state index is 13.4. The molecule has 0 unspecified atom stereocenters. The van der Waals surface area contributed by atoms with Crippen LogP contribution in [0.15, 0.2) is 23.4 Å². The first-order valence-corrected chi connectivity index (χ1v) is 7.60. The van der Waals surface area contributed by atoms with Crippen LogP contribution in [0.1, 0.15) is 5.56 Å². The van der Waals surface area contributed by atoms with Gasteiger partial charge >= 0.3 is 0 Å². The molecule has 0 saturated heterocycles. The lowest BCUT2D eigenvalue weighted by Crippen LogP contribution is -2.20. The predicted molar refractivity (Wildman–Crippen MR) is 73.4 cm³/mol. The van der Waals surface area contributed by atoms with Gasteiger partial charge in [0.05, 0.1) is 13.2 Å². The minimum absolute atomic E-state index is 0.181. The molecular formula is C12H15FN4O3S. The van der Waals surface area contributed by atoms with Crippen molar-refractivity contribution in [1.29, 1.82) is 0 Å². The third-order valence-corrected chi connectivity index (χ3v) is 3.74. The van der Waals surface area contributed by atoms with Crippen LogP contribution in [-0.2, 0) is 21.3 Å². The second-order valence-electron chi connectivity index (χ2n) is 4.45. The molecule has 114 valence electrons. The van der Waals surface area contributed by atoms with Crippen molar-refractivity contribution in [1.82, 2.24) is 14.8 Å². The highest BCUT2D eigenvalue weighted by molar-refractivity contribution is 7.89. The van der Waals surface area contributed by atoms with Crippen molar-refractivity contribution >= 4 is 10.0 Å². The third-order valence-electron chi connectivity index (χ3n) is 2.93. The lowest BCUT2D eigenvalue weighted by Gasteiger charge is -2.10. The number of halogens is 1. The van der Waals surface area contributed by atoms with E-state index in [1.54, 1.807) is 13.0 Å². The molecule has 2 aromatic rings. The molecule has 0 radical (unpaired) electrons. The molecular weight excluding hydrogens is 299 g/mol. The summed E-state index contributed by atoms with van der Waals surface area (Å²) in [6, 6.07) is 4.17. The quantitative estimate of drug-likeness (QED) is 0.875. The highest BCUT2D eigenvalue weighted by Crippen LogP contribution is 2.24. The van der Waals surface area contributed by atoms with Crippen molar-refractivity contribution in [3.8, 4) is 11.4 Å². The Bertz CT molecular complexity index is 758. The van der Waals surface area contributed by atoms with Gasteiger partial charge in [-0.3, -0.25) is 4.57 Å². The highest BCUT2D eigenvalue weighted by atomic mass is 32.2. The summed E-state index contributed by atoms with van der Waals surface area (Å²) in [4.78, 5) is 0. The van der Waals surface area contributed by atoms with E-state index in [0.29, 0.717) is 5.56 Å². The van der Waals surface area contributed by atoms with Crippen molar-refractivity contribution in [3.05, 3.63) is 29.6 Å². The molecule has 0 atom stereocenters. The fourth-order valence-corrected chi connectivity index (χ4v) is 2.56. The van der Waals surface area contributed by atoms with E-state index in [2.05, 4.69) is 10.2 Å². The number of ether oxygens (including phenoxy) is 1. The molecule has 0 saturated carbocycles. The number of rotatable bonds is 5. The predicted octanol–water partition coefficient (Wildman–Crippen LogP) is 0.686. The minimum atomic E-state index is -4.03. The average molecular weight is 314 g/mol. The molecule has 0 amide bonds. The number of hydrogen-bond acceptors (Lipinski definition) is 5. The van der Waals surface area contributed by atoms with Gasteiger partial charge in [-0.15, -0.1) is 10.2 Å². The van der Waals surface area contributed by atoms with E-state index in [0.717, 1.165) is 5.56 Å². The van der Waals surface area contributed by atoms with Crippen LogP contribution in [-0.4, -0.2) is 36.9 Å². The number of nitrogens with zero attached hydrogens (tertiary/aromatic N) is 3. The second-order valence-corrected chi connectivity index (χ2v) is 5.91. The van der Waals surface area contributed by atoms with Crippen molar-refractivity contribution in [3.63, 3.8) is 0 Å². The minimum Gasteiger partial charge on any atom is -0.383 e. The zero-order chi connectivity index (χ0) is 15.6. The van der Waals surface area contributed by atoms with Crippen molar-refractivity contribution in [2.24, 2.45) is 5.14 Å². The zero-order valence-electron chi connectivity index (χ0n) is 11.6. The average Bonchev–Trinajstić information content (AvgIpc) is 2.82. The standard InChI is InChI=1S/C12H15FN4O3S/c1-8-3-4-9(13)7-10(8)11-15-16-12(21(14,18)19)17(11)5-6-20-2/h3-4,7H,5-6H2,1-2H3,(H2,14,18,19). The van der Waals surface area contributed by atoms with Crippen LogP contribution in [0.25, 0.3) is 11.4 Å². The van der Waals surface area contributed by atoms with Crippen LogP contribution >= 0.6 is 0 Å². The summed E-state index contributed by atoms with van der Waals surface area (Å²) in [5.74, 6) is -0.220. The maximum Gasteiger partial charge on any atom is 0.273 e. The first-order chi connectivity index (χ1) is 9.84. The Labute approximate surface area is 121 Å². The Balaban J connectivity index is 2.63. The molecule has 7 nitrogen and oxygen atoms in total. The molecule has 21 heavy (non-hydrogen) atoms. The van der Waals surface area contributed by atoms with Crippen LogP contribution in [0.3, 0.4) is 0 Å². The number of aryl methyl sites for hydroxylation is 1. The maximum atomic E-state index is 13.4. The monoisotopic (exact) mass is 314 g/mol. The van der Waals surface area contributed by atoms with Gasteiger partial charge in [0.2, 0.25) is 0 Å². The Hall–Kier alpha value is -1.84.